The Balaban J connectivity index is 2.88. The van der Waals surface area contributed by atoms with Gasteiger partial charge in [-0.05, 0) is 48.8 Å². The first-order chi connectivity index (χ1) is 9.21. The number of furan rings is 1. The van der Waals surface area contributed by atoms with Crippen LogP contribution >= 0.6 is 15.9 Å². The van der Waals surface area contributed by atoms with Gasteiger partial charge in [-0.15, -0.1) is 0 Å². The van der Waals surface area contributed by atoms with Crippen molar-refractivity contribution in [3.05, 3.63) is 28.3 Å². The molecule has 1 aromatic rings. The summed E-state index contributed by atoms with van der Waals surface area (Å²) < 4.78 is 15.4. The monoisotopic (exact) mass is 345 g/mol. The summed E-state index contributed by atoms with van der Waals surface area (Å²) in [7, 11) is 1.21. The van der Waals surface area contributed by atoms with E-state index in [1.165, 1.54) is 13.2 Å². The summed E-state index contributed by atoms with van der Waals surface area (Å²) in [6.45, 7) is 5.16. The Labute approximate surface area is 125 Å². The van der Waals surface area contributed by atoms with Crippen LogP contribution < -0.4 is 5.32 Å². The molecule has 0 bridgehead atoms. The SMILES string of the molecule is COC(=O)/C(=C\c1ccc(Br)o1)NC(=O)OC(C)(C)C. The molecule has 0 aliphatic carbocycles. The fraction of sp³-hybridized carbons (Fsp3) is 0.385. The smallest absolute Gasteiger partial charge is 0.412 e. The van der Waals surface area contributed by atoms with Crippen LogP contribution in [0.4, 0.5) is 4.79 Å². The number of hydrogen-bond donors (Lipinski definition) is 1. The van der Waals surface area contributed by atoms with Crippen molar-refractivity contribution in [2.24, 2.45) is 0 Å². The predicted octanol–water partition coefficient (Wildman–Crippen LogP) is 3.08. The molecule has 1 aromatic heterocycles. The molecule has 1 rings (SSSR count). The van der Waals surface area contributed by atoms with Gasteiger partial charge in [-0.2, -0.15) is 0 Å². The molecular weight excluding hydrogens is 330 g/mol. The van der Waals surface area contributed by atoms with Crippen LogP contribution in [0.2, 0.25) is 0 Å². The van der Waals surface area contributed by atoms with Gasteiger partial charge >= 0.3 is 12.1 Å². The Morgan fingerprint density at radius 1 is 1.35 bits per heavy atom. The minimum absolute atomic E-state index is 0.0800. The zero-order valence-corrected chi connectivity index (χ0v) is 13.2. The zero-order chi connectivity index (χ0) is 15.3. The number of halogens is 1. The lowest BCUT2D eigenvalue weighted by Crippen LogP contribution is -2.34. The van der Waals surface area contributed by atoms with Crippen LogP contribution in [0.5, 0.6) is 0 Å². The topological polar surface area (TPSA) is 77.8 Å². The van der Waals surface area contributed by atoms with E-state index in [0.717, 1.165) is 0 Å². The van der Waals surface area contributed by atoms with Gasteiger partial charge in [0.1, 0.15) is 17.1 Å². The van der Waals surface area contributed by atoms with Crippen molar-refractivity contribution >= 4 is 34.1 Å². The normalized spacial score (nSPS) is 11.9. The number of carbonyl (C=O) groups excluding carboxylic acids is 2. The third-order valence-corrected chi connectivity index (χ3v) is 2.35. The van der Waals surface area contributed by atoms with Crippen molar-refractivity contribution in [2.45, 2.75) is 26.4 Å². The van der Waals surface area contributed by atoms with Crippen LogP contribution in [-0.2, 0) is 14.3 Å². The lowest BCUT2D eigenvalue weighted by Gasteiger charge is -2.19. The molecule has 7 heteroatoms. The highest BCUT2D eigenvalue weighted by Gasteiger charge is 2.20. The fourth-order valence-corrected chi connectivity index (χ4v) is 1.54. The van der Waals surface area contributed by atoms with E-state index in [9.17, 15) is 9.59 Å². The van der Waals surface area contributed by atoms with Crippen molar-refractivity contribution < 1.29 is 23.5 Å². The van der Waals surface area contributed by atoms with E-state index in [1.807, 2.05) is 0 Å². The fourth-order valence-electron chi connectivity index (χ4n) is 1.22. The van der Waals surface area contributed by atoms with Gasteiger partial charge in [-0.3, -0.25) is 5.32 Å². The number of hydrogen-bond acceptors (Lipinski definition) is 5. The van der Waals surface area contributed by atoms with Crippen molar-refractivity contribution in [1.82, 2.24) is 5.32 Å². The molecule has 0 fully saturated rings. The minimum atomic E-state index is -0.750. The average molecular weight is 346 g/mol. The standard InChI is InChI=1S/C13H16BrNO5/c1-13(2,3)20-12(17)15-9(11(16)18-4)7-8-5-6-10(14)19-8/h5-7H,1-4H3,(H,15,17)/b9-7+. The maximum absolute atomic E-state index is 11.7. The molecular formula is C13H16BrNO5. The van der Waals surface area contributed by atoms with E-state index in [4.69, 9.17) is 9.15 Å². The second kappa shape index (κ2) is 6.60. The molecule has 0 unspecified atom stereocenters. The third-order valence-electron chi connectivity index (χ3n) is 1.92. The van der Waals surface area contributed by atoms with Gasteiger partial charge in [0.05, 0.1) is 7.11 Å². The quantitative estimate of drug-likeness (QED) is 0.672. The number of methoxy groups -OCH3 is 1. The molecule has 0 saturated heterocycles. The van der Waals surface area contributed by atoms with E-state index < -0.39 is 17.7 Å². The summed E-state index contributed by atoms with van der Waals surface area (Å²) in [5.74, 6) is -0.322. The number of ether oxygens (including phenoxy) is 2. The summed E-state index contributed by atoms with van der Waals surface area (Å²) in [4.78, 5) is 23.3. The Morgan fingerprint density at radius 2 is 2.00 bits per heavy atom. The van der Waals surface area contributed by atoms with E-state index in [0.29, 0.717) is 10.4 Å². The number of esters is 1. The largest absolute Gasteiger partial charge is 0.464 e. The van der Waals surface area contributed by atoms with E-state index in [-0.39, 0.29) is 5.70 Å². The Hall–Kier alpha value is -1.76. The highest BCUT2D eigenvalue weighted by Crippen LogP contribution is 2.17. The molecule has 1 N–H and O–H groups in total. The minimum Gasteiger partial charge on any atom is -0.464 e. The van der Waals surface area contributed by atoms with Crippen molar-refractivity contribution in [2.75, 3.05) is 7.11 Å². The van der Waals surface area contributed by atoms with Crippen LogP contribution in [0.3, 0.4) is 0 Å². The lowest BCUT2D eigenvalue weighted by atomic mass is 10.2. The molecule has 1 amide bonds. The second-order valence-electron chi connectivity index (χ2n) is 4.82. The number of carbonyl (C=O) groups is 2. The van der Waals surface area contributed by atoms with Crippen LogP contribution in [0.25, 0.3) is 6.08 Å². The van der Waals surface area contributed by atoms with Crippen molar-refractivity contribution in [1.29, 1.82) is 0 Å². The van der Waals surface area contributed by atoms with Crippen LogP contribution in [0.1, 0.15) is 26.5 Å². The molecule has 0 radical (unpaired) electrons. The van der Waals surface area contributed by atoms with Crippen molar-refractivity contribution in [3.63, 3.8) is 0 Å². The molecule has 6 nitrogen and oxygen atoms in total. The van der Waals surface area contributed by atoms with Gasteiger partial charge in [0.2, 0.25) is 0 Å². The second-order valence-corrected chi connectivity index (χ2v) is 5.60. The first kappa shape index (κ1) is 16.3. The summed E-state index contributed by atoms with van der Waals surface area (Å²) in [5.41, 5.74) is -0.748. The van der Waals surface area contributed by atoms with Gasteiger partial charge < -0.3 is 13.9 Å². The lowest BCUT2D eigenvalue weighted by molar-refractivity contribution is -0.136. The number of nitrogens with one attached hydrogen (secondary N) is 1. The molecule has 0 aromatic carbocycles. The van der Waals surface area contributed by atoms with Gasteiger partial charge in [0.15, 0.2) is 4.67 Å². The van der Waals surface area contributed by atoms with Gasteiger partial charge in [-0.1, -0.05) is 0 Å². The molecule has 0 aliphatic heterocycles. The van der Waals surface area contributed by atoms with Gasteiger partial charge in [0.25, 0.3) is 0 Å². The van der Waals surface area contributed by atoms with E-state index >= 15 is 0 Å². The zero-order valence-electron chi connectivity index (χ0n) is 11.7. The first-order valence-corrected chi connectivity index (χ1v) is 6.56. The molecule has 0 atom stereocenters. The third kappa shape index (κ3) is 5.48. The maximum Gasteiger partial charge on any atom is 0.412 e. The predicted molar refractivity (Wildman–Crippen MR) is 75.8 cm³/mol. The number of alkyl carbamates (subject to hydrolysis) is 1. The molecule has 0 aliphatic rings. The molecule has 0 saturated carbocycles. The molecule has 110 valence electrons. The van der Waals surface area contributed by atoms with E-state index in [2.05, 4.69) is 26.0 Å². The molecule has 20 heavy (non-hydrogen) atoms. The average Bonchev–Trinajstić information content (AvgIpc) is 2.70. The van der Waals surface area contributed by atoms with Crippen LogP contribution in [-0.4, -0.2) is 24.8 Å². The summed E-state index contributed by atoms with van der Waals surface area (Å²) in [6.07, 6.45) is 0.598. The van der Waals surface area contributed by atoms with Gasteiger partial charge in [-0.25, -0.2) is 9.59 Å². The van der Waals surface area contributed by atoms with E-state index in [1.54, 1.807) is 32.9 Å². The summed E-state index contributed by atoms with van der Waals surface area (Å²) in [5, 5.41) is 2.33. The first-order valence-electron chi connectivity index (χ1n) is 5.76. The Bertz CT molecular complexity index is 527. The van der Waals surface area contributed by atoms with Gasteiger partial charge in [0, 0.05) is 6.08 Å². The molecule has 0 spiro atoms. The summed E-state index contributed by atoms with van der Waals surface area (Å²) >= 11 is 3.14. The number of amides is 1. The van der Waals surface area contributed by atoms with Crippen molar-refractivity contribution in [3.8, 4) is 0 Å². The van der Waals surface area contributed by atoms with Crippen LogP contribution in [0, 0.1) is 0 Å². The summed E-state index contributed by atoms with van der Waals surface area (Å²) in [6, 6.07) is 3.29. The maximum atomic E-state index is 11.7. The molecule has 1 heterocycles. The Morgan fingerprint density at radius 3 is 2.45 bits per heavy atom. The number of rotatable bonds is 3. The Kier molecular flexibility index (Phi) is 5.38. The highest BCUT2D eigenvalue weighted by molar-refractivity contribution is 9.10. The highest BCUT2D eigenvalue weighted by atomic mass is 79.9. The van der Waals surface area contributed by atoms with Crippen LogP contribution in [0.15, 0.2) is 26.9 Å².